The molecule has 0 aliphatic heterocycles. The number of esters is 2. The molecule has 0 unspecified atom stereocenters. The molecule has 2 saturated carbocycles. The van der Waals surface area contributed by atoms with Crippen LogP contribution in [0.3, 0.4) is 0 Å². The van der Waals surface area contributed by atoms with Crippen LogP contribution in [0.4, 0.5) is 11.6 Å². The second-order valence-corrected chi connectivity index (χ2v) is 75.2. The normalized spacial score (nSPS) is 15.7. The Labute approximate surface area is 768 Å². The first-order valence-electron chi connectivity index (χ1n) is 46.6. The summed E-state index contributed by atoms with van der Waals surface area (Å²) in [4.78, 5) is 49.5. The molecule has 0 spiro atoms. The Morgan fingerprint density at radius 2 is 0.800 bits per heavy atom. The maximum Gasteiger partial charge on any atom is 0.306 e. The van der Waals surface area contributed by atoms with E-state index in [9.17, 15) is 9.59 Å². The number of hydrogen-bond acceptors (Lipinski definition) is 18. The number of aromatic nitrogens is 8. The fraction of sp³-hybridized carbons (Fsp3) is 0.596. The van der Waals surface area contributed by atoms with E-state index < -0.39 is 50.7 Å². The van der Waals surface area contributed by atoms with E-state index in [1.807, 2.05) is 91.0 Å². The SMILES string of the molecule is C.C=C(OCC)c1c(C2CCC(CC(=O)OCC)CC2)nc2c(-c3ccc(-c4ccccc4)nc3)cnn2c1N(COCC[Si](C)(C)C)COCC[Si](C)(C)C.C=[C](OCC)[Sn]([CH2]CCC)([CH2]CCC)[CH2]CCC.CCOC(=O)CC1CCC(c2nc3c(-c4ccc(-c5ccccc5)nc4)cnn3c(N(COCC[Si](C)(C)C)COCC[Si](C)(C)C)c2Br)CC1. The van der Waals surface area contributed by atoms with Crippen molar-refractivity contribution in [2.24, 2.45) is 11.8 Å². The Morgan fingerprint density at radius 1 is 0.448 bits per heavy atom. The van der Waals surface area contributed by atoms with E-state index in [0.717, 1.165) is 171 Å². The van der Waals surface area contributed by atoms with Gasteiger partial charge in [-0.2, -0.15) is 19.2 Å². The Balaban J connectivity index is 0.000000286. The number of fused-ring (bicyclic) bond motifs is 2. The Bertz CT molecular complexity index is 4470. The monoisotopic (exact) mass is 1960 g/mol. The summed E-state index contributed by atoms with van der Waals surface area (Å²) in [5.74, 6) is 2.98. The fourth-order valence-electron chi connectivity index (χ4n) is 16.1. The number of rotatable bonds is 49. The van der Waals surface area contributed by atoms with Crippen LogP contribution in [0.15, 0.2) is 131 Å². The predicted octanol–water partition coefficient (Wildman–Crippen LogP) is 26.6. The van der Waals surface area contributed by atoms with Gasteiger partial charge in [0.1, 0.15) is 38.5 Å². The summed E-state index contributed by atoms with van der Waals surface area (Å²) in [5.41, 5.74) is 11.9. The number of carbonyl (C=O) groups excluding carboxylic acids is 2. The summed E-state index contributed by atoms with van der Waals surface area (Å²) < 4.78 is 58.8. The second kappa shape index (κ2) is 52.4. The molecule has 2 aromatic carbocycles. The molecular formula is C99H157BrN10O10Si4Sn. The second-order valence-electron chi connectivity index (χ2n) is 38.7. The number of halogens is 1. The van der Waals surface area contributed by atoms with Crippen molar-refractivity contribution in [1.29, 1.82) is 0 Å². The van der Waals surface area contributed by atoms with Gasteiger partial charge in [0.25, 0.3) is 0 Å². The van der Waals surface area contributed by atoms with E-state index in [1.165, 1.54) is 55.6 Å². The molecule has 6 heterocycles. The van der Waals surface area contributed by atoms with Gasteiger partial charge in [0.05, 0.1) is 65.0 Å². The van der Waals surface area contributed by atoms with E-state index in [4.69, 9.17) is 68.0 Å². The molecule has 0 bridgehead atoms. The van der Waals surface area contributed by atoms with Gasteiger partial charge in [0, 0.05) is 129 Å². The van der Waals surface area contributed by atoms with Crippen LogP contribution in [0.25, 0.3) is 61.8 Å². The van der Waals surface area contributed by atoms with Crippen molar-refractivity contribution in [2.45, 2.75) is 287 Å². The van der Waals surface area contributed by atoms with Crippen molar-refractivity contribution in [3.8, 4) is 44.8 Å². The van der Waals surface area contributed by atoms with E-state index in [-0.39, 0.29) is 37.1 Å². The standard InChI is InChI=1S/C43H63N5O5Si2.C39H56BrN5O4Si2.C4H7O.3C4H9.CH4.Sn/c1-10-52-32(3)40-41(35-19-17-33(18-20-35)27-39(49)53-11-2)46-42-37(36-21-22-38(44-28-36)34-15-13-12-14-16-34)29-45-48(42)43(40)47(30-50-23-25-54(4,5)6)31-51-24-26-55(7,8)9;1-8-49-35(46)24-29-14-16-31(17-15-29)37-36(40)39(44(27-47-20-22-50(2,3)4)28-48-21-23-51(5,6)7)45-38(43-37)33(26-42-45)32-18-19-34(41-25-32)30-12-10-9-11-13-30;1-3-5-4-2;3*1-3-4-2;;/h12-16,21-22,28-29,33,35H,3,10-11,17-20,23-27,30-31H2,1-2,4-9H3;9-13,18-19,25-26,29,31H,8,14-17,20-24,27-28H2,1-7H3;1,4H2,2H3;3*1,3-4H2,2H3;1H4;. The van der Waals surface area contributed by atoms with Crippen molar-refractivity contribution in [3.63, 3.8) is 0 Å². The van der Waals surface area contributed by atoms with Gasteiger partial charge in [-0.1, -0.05) is 165 Å². The Hall–Kier alpha value is -6.41. The van der Waals surface area contributed by atoms with E-state index in [0.29, 0.717) is 97.7 Å². The van der Waals surface area contributed by atoms with E-state index >= 15 is 0 Å². The number of pyridine rings is 2. The number of anilines is 2. The van der Waals surface area contributed by atoms with Gasteiger partial charge in [0.15, 0.2) is 17.1 Å². The van der Waals surface area contributed by atoms with Crippen LogP contribution in [0.2, 0.25) is 116 Å². The zero-order valence-electron chi connectivity index (χ0n) is 79.3. The minimum atomic E-state index is -2.24. The van der Waals surface area contributed by atoms with Crippen molar-refractivity contribution >= 4 is 107 Å². The summed E-state index contributed by atoms with van der Waals surface area (Å²) in [6.45, 7) is 58.2. The summed E-state index contributed by atoms with van der Waals surface area (Å²) >= 11 is 1.81. The van der Waals surface area contributed by atoms with E-state index in [2.05, 4.69) is 194 Å². The summed E-state index contributed by atoms with van der Waals surface area (Å²) in [6.07, 6.45) is 24.0. The fourth-order valence-corrected chi connectivity index (χ4v) is 34.6. The summed E-state index contributed by atoms with van der Waals surface area (Å²) in [6, 6.07) is 33.0. The zero-order chi connectivity index (χ0) is 90.0. The third-order valence-electron chi connectivity index (χ3n) is 23.6. The van der Waals surface area contributed by atoms with Gasteiger partial charge in [-0.3, -0.25) is 19.6 Å². The summed E-state index contributed by atoms with van der Waals surface area (Å²) in [5, 5.41) is 9.97. The molecule has 26 heteroatoms. The van der Waals surface area contributed by atoms with Gasteiger partial charge in [-0.25, -0.2) is 9.97 Å². The molecule has 690 valence electrons. The zero-order valence-corrected chi connectivity index (χ0v) is 87.7. The number of unbranched alkanes of at least 4 members (excludes halogenated alkanes) is 3. The van der Waals surface area contributed by atoms with Crippen molar-refractivity contribution in [1.82, 2.24) is 39.2 Å². The Kier molecular flexibility index (Phi) is 44.3. The third kappa shape index (κ3) is 33.5. The van der Waals surface area contributed by atoms with Crippen LogP contribution in [-0.2, 0) is 47.5 Å². The van der Waals surface area contributed by atoms with Gasteiger partial charge >= 0.3 is 132 Å². The molecule has 2 aliphatic rings. The van der Waals surface area contributed by atoms with Gasteiger partial charge in [-0.05, 0) is 136 Å². The number of ether oxygens (including phenoxy) is 8. The molecule has 0 atom stereocenters. The quantitative estimate of drug-likeness (QED) is 0.0114. The molecule has 125 heavy (non-hydrogen) atoms. The van der Waals surface area contributed by atoms with Gasteiger partial charge in [-0.15, -0.1) is 0 Å². The van der Waals surface area contributed by atoms with Crippen LogP contribution in [0, 0.1) is 11.8 Å². The molecule has 0 N–H and O–H groups in total. The van der Waals surface area contributed by atoms with Crippen molar-refractivity contribution in [2.75, 3.05) is 89.6 Å². The summed E-state index contributed by atoms with van der Waals surface area (Å²) in [7, 11) is -5.19. The first-order chi connectivity index (χ1) is 59.3. The number of benzene rings is 2. The number of carbonyl (C=O) groups is 2. The average Bonchev–Trinajstić information content (AvgIpc) is 1.65. The Morgan fingerprint density at radius 3 is 1.14 bits per heavy atom. The molecule has 8 aromatic rings. The molecule has 6 aromatic heterocycles. The van der Waals surface area contributed by atoms with Gasteiger partial charge < -0.3 is 43.0 Å². The minimum Gasteiger partial charge on any atom is -0.466 e. The van der Waals surface area contributed by atoms with Crippen LogP contribution >= 0.6 is 15.9 Å². The topological polar surface area (TPSA) is 201 Å². The molecule has 2 fully saturated rings. The molecule has 0 saturated heterocycles. The maximum absolute atomic E-state index is 12.4. The average molecular weight is 1960 g/mol. The van der Waals surface area contributed by atoms with Crippen LogP contribution < -0.4 is 9.80 Å². The number of hydrogen-bond donors (Lipinski definition) is 0. The molecule has 20 nitrogen and oxygen atoms in total. The first-order valence-corrected chi connectivity index (χ1v) is 69.7. The molecular weight excluding hydrogens is 1800 g/mol. The maximum atomic E-state index is 12.4. The van der Waals surface area contributed by atoms with E-state index in [1.54, 1.807) is 0 Å². The molecule has 2 aliphatic carbocycles. The van der Waals surface area contributed by atoms with Crippen LogP contribution in [-0.4, -0.2) is 182 Å². The van der Waals surface area contributed by atoms with Crippen LogP contribution in [0.1, 0.15) is 187 Å². The van der Waals surface area contributed by atoms with Crippen molar-refractivity contribution < 1.29 is 47.5 Å². The molecule has 10 rings (SSSR count). The number of nitrogens with zero attached hydrogens (tertiary/aromatic N) is 10. The predicted molar refractivity (Wildman–Crippen MR) is 537 cm³/mol. The first kappa shape index (κ1) is 106. The molecule has 0 radical (unpaired) electrons. The molecule has 0 amide bonds. The third-order valence-corrected chi connectivity index (χ3v) is 46.2. The largest absolute Gasteiger partial charge is 0.466 e. The minimum absolute atomic E-state index is 0. The van der Waals surface area contributed by atoms with Crippen LogP contribution in [0.5, 0.6) is 0 Å². The smallest absolute Gasteiger partial charge is 0.306 e. The van der Waals surface area contributed by atoms with Crippen molar-refractivity contribution in [3.05, 3.63) is 148 Å². The van der Waals surface area contributed by atoms with Gasteiger partial charge in [0.2, 0.25) is 0 Å².